The summed E-state index contributed by atoms with van der Waals surface area (Å²) >= 11 is 1.33. The number of amides is 1. The smallest absolute Gasteiger partial charge is 0.249 e. The maximum atomic E-state index is 13.5. The van der Waals surface area contributed by atoms with Crippen LogP contribution < -0.4 is 5.32 Å². The van der Waals surface area contributed by atoms with Gasteiger partial charge in [-0.3, -0.25) is 9.78 Å². The Kier molecular flexibility index (Phi) is 7.18. The summed E-state index contributed by atoms with van der Waals surface area (Å²) in [6, 6.07) is 31.2. The number of sulfonamides is 1. The minimum absolute atomic E-state index is 0.173. The molecule has 3 aromatic carbocycles. The first-order valence-electron chi connectivity index (χ1n) is 11.6. The van der Waals surface area contributed by atoms with Crippen molar-refractivity contribution in [1.82, 2.24) is 14.6 Å². The standard InChI is InChI=1S/C28H25N3O3S2/c32-27(30-26(23-11-5-2-6-12-23)25-13-7-8-18-29-25)28-31(19-20-35-28)36(33,34)24-16-14-22(15-17-24)21-9-3-1-4-10-21/h1-18,26,28H,19-20H2,(H,30,32)/t26?,28-/m0/s1. The number of hydrogen-bond acceptors (Lipinski definition) is 5. The van der Waals surface area contributed by atoms with Crippen molar-refractivity contribution in [3.05, 3.63) is 121 Å². The molecule has 1 fully saturated rings. The molecule has 0 saturated carbocycles. The maximum Gasteiger partial charge on any atom is 0.249 e. The van der Waals surface area contributed by atoms with Gasteiger partial charge in [0.25, 0.3) is 0 Å². The van der Waals surface area contributed by atoms with Gasteiger partial charge in [0.2, 0.25) is 15.9 Å². The number of nitrogens with zero attached hydrogens (tertiary/aromatic N) is 2. The SMILES string of the molecule is O=C(NC(c1ccccc1)c1ccccn1)[C@@H]1SCCN1S(=O)(=O)c1ccc(-c2ccccc2)cc1. The van der Waals surface area contributed by atoms with E-state index in [0.717, 1.165) is 16.7 Å². The van der Waals surface area contributed by atoms with E-state index >= 15 is 0 Å². The van der Waals surface area contributed by atoms with E-state index < -0.39 is 21.4 Å². The molecule has 0 spiro atoms. The van der Waals surface area contributed by atoms with Crippen LogP contribution in [0.1, 0.15) is 17.3 Å². The summed E-state index contributed by atoms with van der Waals surface area (Å²) in [7, 11) is -3.86. The van der Waals surface area contributed by atoms with Crippen molar-refractivity contribution < 1.29 is 13.2 Å². The molecule has 1 aromatic heterocycles. The largest absolute Gasteiger partial charge is 0.341 e. The molecule has 6 nitrogen and oxygen atoms in total. The summed E-state index contributed by atoms with van der Waals surface area (Å²) < 4.78 is 28.4. The average molecular weight is 516 g/mol. The van der Waals surface area contributed by atoms with Crippen LogP contribution in [0.2, 0.25) is 0 Å². The topological polar surface area (TPSA) is 79.4 Å². The first-order chi connectivity index (χ1) is 17.5. The molecule has 0 bridgehead atoms. The van der Waals surface area contributed by atoms with Crippen LogP contribution in [0, 0.1) is 0 Å². The van der Waals surface area contributed by atoms with Gasteiger partial charge in [0.15, 0.2) is 0 Å². The molecule has 1 aliphatic rings. The number of benzene rings is 3. The van der Waals surface area contributed by atoms with E-state index in [1.807, 2.05) is 78.9 Å². The normalized spacial score (nSPS) is 16.9. The van der Waals surface area contributed by atoms with Crippen LogP contribution in [0.4, 0.5) is 0 Å². The molecular weight excluding hydrogens is 490 g/mol. The van der Waals surface area contributed by atoms with E-state index in [-0.39, 0.29) is 17.3 Å². The maximum absolute atomic E-state index is 13.5. The molecule has 1 amide bonds. The summed E-state index contributed by atoms with van der Waals surface area (Å²) in [4.78, 5) is 18.1. The van der Waals surface area contributed by atoms with Gasteiger partial charge >= 0.3 is 0 Å². The van der Waals surface area contributed by atoms with Crippen molar-refractivity contribution in [2.45, 2.75) is 16.3 Å². The van der Waals surface area contributed by atoms with Crippen LogP contribution in [-0.4, -0.2) is 41.3 Å². The van der Waals surface area contributed by atoms with Gasteiger partial charge in [-0.2, -0.15) is 4.31 Å². The van der Waals surface area contributed by atoms with Crippen LogP contribution in [0.3, 0.4) is 0 Å². The van der Waals surface area contributed by atoms with Crippen molar-refractivity contribution in [2.75, 3.05) is 12.3 Å². The predicted octanol–water partition coefficient (Wildman–Crippen LogP) is 4.72. The first kappa shape index (κ1) is 24.2. The summed E-state index contributed by atoms with van der Waals surface area (Å²) in [5.74, 6) is 0.181. The lowest BCUT2D eigenvalue weighted by Gasteiger charge is -2.25. The molecule has 2 heterocycles. The number of carbonyl (C=O) groups is 1. The zero-order chi connectivity index (χ0) is 25.0. The van der Waals surface area contributed by atoms with Crippen molar-refractivity contribution in [2.24, 2.45) is 0 Å². The highest BCUT2D eigenvalue weighted by atomic mass is 32.2. The number of carbonyl (C=O) groups excluding carboxylic acids is 1. The van der Waals surface area contributed by atoms with E-state index in [1.165, 1.54) is 16.1 Å². The van der Waals surface area contributed by atoms with Gasteiger partial charge in [0.05, 0.1) is 16.6 Å². The lowest BCUT2D eigenvalue weighted by molar-refractivity contribution is -0.122. The van der Waals surface area contributed by atoms with Crippen molar-refractivity contribution in [3.8, 4) is 11.1 Å². The molecule has 2 atom stereocenters. The van der Waals surface area contributed by atoms with Gasteiger partial charge in [-0.05, 0) is 41.0 Å². The highest BCUT2D eigenvalue weighted by Gasteiger charge is 2.41. The minimum Gasteiger partial charge on any atom is -0.341 e. The Morgan fingerprint density at radius 1 is 0.861 bits per heavy atom. The fourth-order valence-electron chi connectivity index (χ4n) is 4.23. The number of pyridine rings is 1. The molecule has 8 heteroatoms. The zero-order valence-corrected chi connectivity index (χ0v) is 21.0. The van der Waals surface area contributed by atoms with Gasteiger partial charge in [-0.15, -0.1) is 11.8 Å². The molecule has 4 aromatic rings. The lowest BCUT2D eigenvalue weighted by atomic mass is 10.0. The number of rotatable bonds is 7. The van der Waals surface area contributed by atoms with Crippen LogP contribution >= 0.6 is 11.8 Å². The highest BCUT2D eigenvalue weighted by Crippen LogP contribution is 2.32. The molecule has 182 valence electrons. The Balaban J connectivity index is 1.38. The first-order valence-corrected chi connectivity index (χ1v) is 14.1. The van der Waals surface area contributed by atoms with Crippen molar-refractivity contribution in [1.29, 1.82) is 0 Å². The Labute approximate surface area is 215 Å². The number of aromatic nitrogens is 1. The predicted molar refractivity (Wildman–Crippen MR) is 143 cm³/mol. The number of thioether (sulfide) groups is 1. The molecule has 0 radical (unpaired) electrons. The fourth-order valence-corrected chi connectivity index (χ4v) is 7.31. The number of hydrogen-bond donors (Lipinski definition) is 1. The van der Waals surface area contributed by atoms with Crippen LogP contribution in [0.15, 0.2) is 114 Å². The van der Waals surface area contributed by atoms with Gasteiger partial charge < -0.3 is 5.32 Å². The summed E-state index contributed by atoms with van der Waals surface area (Å²) in [5.41, 5.74) is 3.50. The van der Waals surface area contributed by atoms with E-state index in [0.29, 0.717) is 11.4 Å². The number of nitrogens with one attached hydrogen (secondary N) is 1. The second-order valence-electron chi connectivity index (χ2n) is 8.34. The monoisotopic (exact) mass is 515 g/mol. The van der Waals surface area contributed by atoms with E-state index in [2.05, 4.69) is 10.3 Å². The molecule has 36 heavy (non-hydrogen) atoms. The van der Waals surface area contributed by atoms with Crippen molar-refractivity contribution >= 4 is 27.7 Å². The summed E-state index contributed by atoms with van der Waals surface area (Å²) in [5, 5.41) is 2.19. The quantitative estimate of drug-likeness (QED) is 0.385. The third-order valence-corrected chi connectivity index (χ3v) is 9.26. The summed E-state index contributed by atoms with van der Waals surface area (Å²) in [6.45, 7) is 0.269. The fraction of sp³-hybridized carbons (Fsp3) is 0.143. The van der Waals surface area contributed by atoms with E-state index in [1.54, 1.807) is 30.5 Å². The summed E-state index contributed by atoms with van der Waals surface area (Å²) in [6.07, 6.45) is 1.68. The minimum atomic E-state index is -3.86. The van der Waals surface area contributed by atoms with Crippen LogP contribution in [0.5, 0.6) is 0 Å². The average Bonchev–Trinajstić information content (AvgIpc) is 3.45. The van der Waals surface area contributed by atoms with Crippen LogP contribution in [-0.2, 0) is 14.8 Å². The molecule has 1 aliphatic heterocycles. The molecule has 1 N–H and O–H groups in total. The van der Waals surface area contributed by atoms with E-state index in [9.17, 15) is 13.2 Å². The van der Waals surface area contributed by atoms with E-state index in [4.69, 9.17) is 0 Å². The third-order valence-electron chi connectivity index (χ3n) is 6.04. The van der Waals surface area contributed by atoms with Crippen molar-refractivity contribution in [3.63, 3.8) is 0 Å². The highest BCUT2D eigenvalue weighted by molar-refractivity contribution is 8.02. The molecule has 1 saturated heterocycles. The Morgan fingerprint density at radius 2 is 1.50 bits per heavy atom. The molecule has 1 unspecified atom stereocenters. The Morgan fingerprint density at radius 3 is 2.17 bits per heavy atom. The molecule has 5 rings (SSSR count). The zero-order valence-electron chi connectivity index (χ0n) is 19.4. The molecular formula is C28H25N3O3S2. The lowest BCUT2D eigenvalue weighted by Crippen LogP contribution is -2.46. The second kappa shape index (κ2) is 10.7. The molecule has 0 aliphatic carbocycles. The second-order valence-corrected chi connectivity index (χ2v) is 11.4. The van der Waals surface area contributed by atoms with Gasteiger partial charge in [-0.25, -0.2) is 8.42 Å². The van der Waals surface area contributed by atoms with Gasteiger partial charge in [0.1, 0.15) is 5.37 Å². The Bertz CT molecular complexity index is 1380. The van der Waals surface area contributed by atoms with Crippen LogP contribution in [0.25, 0.3) is 11.1 Å². The van der Waals surface area contributed by atoms with Gasteiger partial charge in [0, 0.05) is 18.5 Å². The third kappa shape index (κ3) is 5.06. The Hall–Kier alpha value is -3.46. The van der Waals surface area contributed by atoms with Gasteiger partial charge in [-0.1, -0.05) is 78.9 Å².